The number of carbonyl (C=O) groups is 2. The number of methoxy groups -OCH3 is 2. The minimum Gasteiger partial charge on any atom is -0.462 e. The van der Waals surface area contributed by atoms with Crippen LogP contribution in [0.1, 0.15) is 30.9 Å². The molecule has 1 aliphatic carbocycles. The van der Waals surface area contributed by atoms with Crippen molar-refractivity contribution in [3.63, 3.8) is 0 Å². The Morgan fingerprint density at radius 1 is 0.800 bits per heavy atom. The van der Waals surface area contributed by atoms with Gasteiger partial charge in [0, 0.05) is 31.3 Å². The first-order chi connectivity index (χ1) is 18.8. The summed E-state index contributed by atoms with van der Waals surface area (Å²) in [7, 11) is 1.47. The molecule has 2 aromatic rings. The topological polar surface area (TPSA) is 71.1 Å². The molecule has 0 aliphatic heterocycles. The van der Waals surface area contributed by atoms with Gasteiger partial charge in [0.05, 0.1) is 6.61 Å². The van der Waals surface area contributed by atoms with Crippen molar-refractivity contribution in [3.8, 4) is 0 Å². The summed E-state index contributed by atoms with van der Waals surface area (Å²) < 4.78 is 105. The van der Waals surface area contributed by atoms with Gasteiger partial charge in [-0.2, -0.15) is 26.3 Å². The highest BCUT2D eigenvalue weighted by Crippen LogP contribution is 2.45. The molecule has 6 nitrogen and oxygen atoms in total. The molecule has 12 heteroatoms. The molecule has 0 saturated carbocycles. The van der Waals surface area contributed by atoms with E-state index in [9.17, 15) is 35.9 Å². The van der Waals surface area contributed by atoms with Crippen LogP contribution in [0, 0.1) is 5.92 Å². The van der Waals surface area contributed by atoms with Crippen molar-refractivity contribution in [2.75, 3.05) is 20.8 Å². The number of hydrogen-bond donors (Lipinski definition) is 0. The van der Waals surface area contributed by atoms with Crippen LogP contribution in [0.2, 0.25) is 0 Å². The lowest BCUT2D eigenvalue weighted by Gasteiger charge is -2.34. The van der Waals surface area contributed by atoms with Crippen LogP contribution in [-0.4, -0.2) is 51.2 Å². The van der Waals surface area contributed by atoms with Crippen LogP contribution in [0.4, 0.5) is 26.3 Å². The van der Waals surface area contributed by atoms with Gasteiger partial charge in [0.1, 0.15) is 6.10 Å². The van der Waals surface area contributed by atoms with E-state index in [0.29, 0.717) is 12.0 Å². The number of halogens is 6. The van der Waals surface area contributed by atoms with E-state index in [1.54, 1.807) is 6.08 Å². The normalized spacial score (nSPS) is 19.6. The summed E-state index contributed by atoms with van der Waals surface area (Å²) in [5.41, 5.74) is -7.47. The van der Waals surface area contributed by atoms with Crippen molar-refractivity contribution >= 4 is 11.9 Å². The lowest BCUT2D eigenvalue weighted by molar-refractivity contribution is -0.278. The van der Waals surface area contributed by atoms with Crippen LogP contribution >= 0.6 is 0 Å². The minimum absolute atomic E-state index is 0.125. The monoisotopic (exact) mass is 574 g/mol. The molecule has 0 amide bonds. The zero-order valence-corrected chi connectivity index (χ0v) is 21.8. The van der Waals surface area contributed by atoms with E-state index in [0.717, 1.165) is 38.5 Å². The van der Waals surface area contributed by atoms with Crippen LogP contribution in [0.25, 0.3) is 0 Å². The number of hydrogen-bond acceptors (Lipinski definition) is 6. The van der Waals surface area contributed by atoms with Crippen molar-refractivity contribution in [2.45, 2.75) is 49.4 Å². The van der Waals surface area contributed by atoms with Crippen molar-refractivity contribution in [2.24, 2.45) is 5.92 Å². The minimum atomic E-state index is -5.18. The number of carbonyl (C=O) groups excluding carboxylic acids is 2. The van der Waals surface area contributed by atoms with Gasteiger partial charge in [0.25, 0.3) is 11.2 Å². The average Bonchev–Trinajstić information content (AvgIpc) is 3.36. The molecule has 0 unspecified atom stereocenters. The lowest BCUT2D eigenvalue weighted by Crippen LogP contribution is -2.52. The summed E-state index contributed by atoms with van der Waals surface area (Å²) in [5.74, 6) is -4.22. The van der Waals surface area contributed by atoms with Crippen LogP contribution in [0.3, 0.4) is 0 Å². The zero-order valence-electron chi connectivity index (χ0n) is 21.8. The van der Waals surface area contributed by atoms with Crippen LogP contribution < -0.4 is 0 Å². The van der Waals surface area contributed by atoms with E-state index in [4.69, 9.17) is 18.9 Å². The first-order valence-electron chi connectivity index (χ1n) is 12.2. The molecular weight excluding hydrogens is 546 g/mol. The molecule has 0 N–H and O–H groups in total. The molecule has 0 spiro atoms. The van der Waals surface area contributed by atoms with Crippen molar-refractivity contribution in [3.05, 3.63) is 83.4 Å². The van der Waals surface area contributed by atoms with Crippen molar-refractivity contribution in [1.82, 2.24) is 0 Å². The highest BCUT2D eigenvalue weighted by molar-refractivity contribution is 5.83. The smallest absolute Gasteiger partial charge is 0.432 e. The third-order valence-corrected chi connectivity index (χ3v) is 6.81. The van der Waals surface area contributed by atoms with E-state index in [2.05, 4.69) is 0 Å². The fourth-order valence-corrected chi connectivity index (χ4v) is 4.73. The molecule has 0 radical (unpaired) electrons. The fraction of sp³-hybridized carbons (Fsp3) is 0.429. The fourth-order valence-electron chi connectivity index (χ4n) is 4.73. The maximum absolute atomic E-state index is 14.2. The number of alkyl halides is 6. The molecule has 0 heterocycles. The zero-order chi connectivity index (χ0) is 29.8. The predicted octanol–water partition coefficient (Wildman–Crippen LogP) is 6.01. The van der Waals surface area contributed by atoms with Crippen LogP contribution in [0.5, 0.6) is 0 Å². The summed E-state index contributed by atoms with van der Waals surface area (Å²) >= 11 is 0. The number of allylic oxidation sites excluding steroid dienone is 1. The highest BCUT2D eigenvalue weighted by Gasteiger charge is 2.65. The number of ether oxygens (including phenoxy) is 4. The third-order valence-electron chi connectivity index (χ3n) is 6.81. The van der Waals surface area contributed by atoms with Gasteiger partial charge in [-0.3, -0.25) is 0 Å². The van der Waals surface area contributed by atoms with Crippen LogP contribution in [0.15, 0.2) is 72.3 Å². The largest absolute Gasteiger partial charge is 0.462 e. The second-order valence-corrected chi connectivity index (χ2v) is 9.17. The Bertz CT molecular complexity index is 1200. The number of rotatable bonds is 10. The van der Waals surface area contributed by atoms with E-state index >= 15 is 0 Å². The molecule has 218 valence electrons. The molecule has 0 saturated heterocycles. The average molecular weight is 575 g/mol. The standard InChI is InChI=1S/C28H28F6O6/c1-18(17-39-23(35)25(37-2,27(29,30)31)19-11-6-4-7-12-19)21-15-10-16-22(21)40-24(36)26(38-3,28(32,33)34)20-13-8-5-9-14-20/h4-9,11-15,18,22H,10,16-17H2,1-3H3/t18-,22+,25+,26+/m1/s1. The van der Waals surface area contributed by atoms with Gasteiger partial charge in [0.2, 0.25) is 0 Å². The maximum atomic E-state index is 14.2. The number of benzene rings is 2. The van der Waals surface area contributed by atoms with Gasteiger partial charge in [-0.15, -0.1) is 0 Å². The Kier molecular flexibility index (Phi) is 9.35. The highest BCUT2D eigenvalue weighted by atomic mass is 19.4. The van der Waals surface area contributed by atoms with E-state index in [-0.39, 0.29) is 6.42 Å². The first kappa shape index (κ1) is 31.2. The van der Waals surface area contributed by atoms with E-state index < -0.39 is 65.2 Å². The summed E-state index contributed by atoms with van der Waals surface area (Å²) in [4.78, 5) is 25.9. The van der Waals surface area contributed by atoms with Gasteiger partial charge >= 0.3 is 24.3 Å². The summed E-state index contributed by atoms with van der Waals surface area (Å²) in [6.07, 6.45) is -9.47. The van der Waals surface area contributed by atoms with E-state index in [1.807, 2.05) is 0 Å². The third kappa shape index (κ3) is 5.60. The Morgan fingerprint density at radius 3 is 1.68 bits per heavy atom. The summed E-state index contributed by atoms with van der Waals surface area (Å²) in [6.45, 7) is 0.903. The predicted molar refractivity (Wildman–Crippen MR) is 130 cm³/mol. The molecule has 0 fully saturated rings. The van der Waals surface area contributed by atoms with Gasteiger partial charge in [-0.1, -0.05) is 73.7 Å². The molecule has 0 aromatic heterocycles. The van der Waals surface area contributed by atoms with Crippen molar-refractivity contribution < 1.29 is 54.9 Å². The Hall–Kier alpha value is -3.38. The molecule has 1 aliphatic rings. The summed E-state index contributed by atoms with van der Waals surface area (Å²) in [5, 5.41) is 0. The Labute approximate surface area is 226 Å². The quantitative estimate of drug-likeness (QED) is 0.197. The van der Waals surface area contributed by atoms with Gasteiger partial charge < -0.3 is 18.9 Å². The second kappa shape index (κ2) is 12.0. The molecular formula is C28H28F6O6. The second-order valence-electron chi connectivity index (χ2n) is 9.17. The maximum Gasteiger partial charge on any atom is 0.432 e. The first-order valence-corrected chi connectivity index (χ1v) is 12.2. The van der Waals surface area contributed by atoms with Gasteiger partial charge in [-0.25, -0.2) is 9.59 Å². The van der Waals surface area contributed by atoms with Crippen LogP contribution in [-0.2, 0) is 39.7 Å². The molecule has 4 atom stereocenters. The molecule has 40 heavy (non-hydrogen) atoms. The lowest BCUT2D eigenvalue weighted by atomic mass is 9.92. The van der Waals surface area contributed by atoms with Crippen molar-refractivity contribution in [1.29, 1.82) is 0 Å². The Balaban J connectivity index is 1.79. The molecule has 3 rings (SSSR count). The summed E-state index contributed by atoms with van der Waals surface area (Å²) in [6, 6.07) is 12.5. The molecule has 0 bridgehead atoms. The van der Waals surface area contributed by atoms with Gasteiger partial charge in [0.15, 0.2) is 0 Å². The molecule has 2 aromatic carbocycles. The number of esters is 2. The van der Waals surface area contributed by atoms with E-state index in [1.165, 1.54) is 43.3 Å². The van der Waals surface area contributed by atoms with Gasteiger partial charge in [-0.05, 0) is 18.4 Å². The SMILES string of the molecule is CO[C@](C(=O)OC[C@@H](C)C1=CCC[C@@H]1OC(=O)[C@@](OC)(c1ccccc1)C(F)(F)F)(c1ccccc1)C(F)(F)F. The Morgan fingerprint density at radius 2 is 1.25 bits per heavy atom.